The van der Waals surface area contributed by atoms with E-state index >= 15 is 0 Å². The summed E-state index contributed by atoms with van der Waals surface area (Å²) in [5, 5.41) is 12.9. The van der Waals surface area contributed by atoms with Gasteiger partial charge in [-0.3, -0.25) is 4.79 Å². The van der Waals surface area contributed by atoms with Crippen LogP contribution in [0, 0.1) is 5.41 Å². The van der Waals surface area contributed by atoms with Crippen molar-refractivity contribution in [1.29, 1.82) is 0 Å². The van der Waals surface area contributed by atoms with E-state index in [1.807, 2.05) is 20.8 Å². The molecule has 0 saturated carbocycles. The molecule has 19 heavy (non-hydrogen) atoms. The highest BCUT2D eigenvalue weighted by Crippen LogP contribution is 2.23. The van der Waals surface area contributed by atoms with E-state index in [0.29, 0.717) is 22.0 Å². The van der Waals surface area contributed by atoms with Gasteiger partial charge in [0.2, 0.25) is 0 Å². The number of benzene rings is 1. The fourth-order valence-corrected chi connectivity index (χ4v) is 2.21. The van der Waals surface area contributed by atoms with Crippen LogP contribution < -0.4 is 5.32 Å². The second kappa shape index (κ2) is 6.60. The van der Waals surface area contributed by atoms with Crippen LogP contribution in [0.5, 0.6) is 0 Å². The second-order valence-corrected chi connectivity index (χ2v) is 6.59. The number of rotatable bonds is 4. The summed E-state index contributed by atoms with van der Waals surface area (Å²) in [6, 6.07) is 4.42. The Morgan fingerprint density at radius 3 is 2.53 bits per heavy atom. The van der Waals surface area contributed by atoms with Gasteiger partial charge in [-0.05, 0) is 30.0 Å². The Morgan fingerprint density at radius 1 is 1.37 bits per heavy atom. The molecule has 106 valence electrons. The molecule has 1 aromatic carbocycles. The zero-order valence-corrected chi connectivity index (χ0v) is 12.8. The van der Waals surface area contributed by atoms with Crippen LogP contribution >= 0.6 is 23.2 Å². The molecule has 0 aliphatic heterocycles. The Bertz CT molecular complexity index is 455. The molecule has 1 amide bonds. The summed E-state index contributed by atoms with van der Waals surface area (Å²) < 4.78 is 0. The van der Waals surface area contributed by atoms with Crippen LogP contribution in [0.15, 0.2) is 18.2 Å². The van der Waals surface area contributed by atoms with Crippen molar-refractivity contribution in [3.63, 3.8) is 0 Å². The normalized spacial score (nSPS) is 13.2. The Kier molecular flexibility index (Phi) is 5.65. The predicted octanol–water partition coefficient (Wildman–Crippen LogP) is 3.52. The van der Waals surface area contributed by atoms with Crippen molar-refractivity contribution in [2.75, 3.05) is 6.61 Å². The van der Waals surface area contributed by atoms with Crippen LogP contribution in [0.4, 0.5) is 0 Å². The van der Waals surface area contributed by atoms with Gasteiger partial charge in [0.25, 0.3) is 5.91 Å². The Morgan fingerprint density at radius 2 is 2.00 bits per heavy atom. The predicted molar refractivity (Wildman–Crippen MR) is 78.9 cm³/mol. The third-order valence-corrected chi connectivity index (χ3v) is 3.15. The number of aliphatic hydroxyl groups is 1. The van der Waals surface area contributed by atoms with Crippen LogP contribution in [-0.2, 0) is 0 Å². The quantitative estimate of drug-likeness (QED) is 0.894. The summed E-state index contributed by atoms with van der Waals surface area (Å²) in [6.45, 7) is 6.04. The van der Waals surface area contributed by atoms with E-state index in [2.05, 4.69) is 5.32 Å². The molecule has 0 heterocycles. The summed E-state index contributed by atoms with van der Waals surface area (Å²) >= 11 is 11.8. The standard InChI is InChI=1S/C14H19Cl2NO2/c1-14(2,3)7-10(8-18)17-13(19)11-6-9(15)4-5-12(11)16/h4-6,10,18H,7-8H2,1-3H3,(H,17,19). The fraction of sp³-hybridized carbons (Fsp3) is 0.500. The minimum atomic E-state index is -0.323. The van der Waals surface area contributed by atoms with Crippen LogP contribution in [0.2, 0.25) is 10.0 Å². The van der Waals surface area contributed by atoms with E-state index in [1.165, 1.54) is 6.07 Å². The van der Waals surface area contributed by atoms with Crippen molar-refractivity contribution in [3.8, 4) is 0 Å². The molecular formula is C14H19Cl2NO2. The van der Waals surface area contributed by atoms with Gasteiger partial charge in [-0.2, -0.15) is 0 Å². The van der Waals surface area contributed by atoms with E-state index in [9.17, 15) is 9.90 Å². The van der Waals surface area contributed by atoms with E-state index in [1.54, 1.807) is 12.1 Å². The lowest BCUT2D eigenvalue weighted by Gasteiger charge is -2.25. The Labute approximate surface area is 123 Å². The Balaban J connectivity index is 2.80. The lowest BCUT2D eigenvalue weighted by atomic mass is 9.88. The lowest BCUT2D eigenvalue weighted by Crippen LogP contribution is -2.40. The van der Waals surface area contributed by atoms with Gasteiger partial charge in [0.05, 0.1) is 23.2 Å². The highest BCUT2D eigenvalue weighted by molar-refractivity contribution is 6.35. The third-order valence-electron chi connectivity index (χ3n) is 2.59. The SMILES string of the molecule is CC(C)(C)CC(CO)NC(=O)c1cc(Cl)ccc1Cl. The monoisotopic (exact) mass is 303 g/mol. The van der Waals surface area contributed by atoms with Crippen molar-refractivity contribution in [1.82, 2.24) is 5.32 Å². The number of hydrogen-bond acceptors (Lipinski definition) is 2. The molecule has 1 atom stereocenters. The van der Waals surface area contributed by atoms with E-state index in [-0.39, 0.29) is 24.0 Å². The molecule has 0 spiro atoms. The first kappa shape index (κ1) is 16.3. The van der Waals surface area contributed by atoms with Crippen LogP contribution in [0.1, 0.15) is 37.6 Å². The van der Waals surface area contributed by atoms with Crippen molar-refractivity contribution in [2.24, 2.45) is 5.41 Å². The van der Waals surface area contributed by atoms with Gasteiger partial charge in [-0.25, -0.2) is 0 Å². The van der Waals surface area contributed by atoms with Gasteiger partial charge in [0, 0.05) is 5.02 Å². The minimum Gasteiger partial charge on any atom is -0.394 e. The smallest absolute Gasteiger partial charge is 0.253 e. The summed E-state index contributed by atoms with van der Waals surface area (Å²) in [6.07, 6.45) is 0.674. The number of carbonyl (C=O) groups excluding carboxylic acids is 1. The summed E-state index contributed by atoms with van der Waals surface area (Å²) in [5.74, 6) is -0.323. The number of amides is 1. The molecule has 0 fully saturated rings. The molecule has 1 unspecified atom stereocenters. The summed E-state index contributed by atoms with van der Waals surface area (Å²) in [5.41, 5.74) is 0.334. The number of carbonyl (C=O) groups is 1. The fourth-order valence-electron chi connectivity index (χ4n) is 1.84. The zero-order valence-electron chi connectivity index (χ0n) is 11.3. The molecule has 0 aliphatic carbocycles. The maximum atomic E-state index is 12.1. The first-order valence-corrected chi connectivity index (χ1v) is 6.85. The van der Waals surface area contributed by atoms with Gasteiger partial charge < -0.3 is 10.4 Å². The number of nitrogens with one attached hydrogen (secondary N) is 1. The molecule has 3 nitrogen and oxygen atoms in total. The highest BCUT2D eigenvalue weighted by Gasteiger charge is 2.21. The molecule has 1 aromatic rings. The number of aliphatic hydroxyl groups excluding tert-OH is 1. The first-order valence-electron chi connectivity index (χ1n) is 6.10. The van der Waals surface area contributed by atoms with Crippen LogP contribution in [0.25, 0.3) is 0 Å². The lowest BCUT2D eigenvalue weighted by molar-refractivity contribution is 0.0898. The van der Waals surface area contributed by atoms with E-state index in [4.69, 9.17) is 23.2 Å². The van der Waals surface area contributed by atoms with Gasteiger partial charge in [-0.15, -0.1) is 0 Å². The van der Waals surface area contributed by atoms with Crippen LogP contribution in [0.3, 0.4) is 0 Å². The molecule has 1 rings (SSSR count). The zero-order chi connectivity index (χ0) is 14.6. The molecule has 0 radical (unpaired) electrons. The largest absolute Gasteiger partial charge is 0.394 e. The van der Waals surface area contributed by atoms with E-state index < -0.39 is 0 Å². The molecule has 2 N–H and O–H groups in total. The molecule has 0 aliphatic rings. The second-order valence-electron chi connectivity index (χ2n) is 5.74. The average molecular weight is 304 g/mol. The van der Waals surface area contributed by atoms with Crippen molar-refractivity contribution in [2.45, 2.75) is 33.2 Å². The average Bonchev–Trinajstić information content (AvgIpc) is 2.29. The molecular weight excluding hydrogens is 285 g/mol. The van der Waals surface area contributed by atoms with Gasteiger partial charge in [0.1, 0.15) is 0 Å². The maximum Gasteiger partial charge on any atom is 0.253 e. The maximum absolute atomic E-state index is 12.1. The highest BCUT2D eigenvalue weighted by atomic mass is 35.5. The number of halogens is 2. The van der Waals surface area contributed by atoms with Crippen molar-refractivity contribution in [3.05, 3.63) is 33.8 Å². The topological polar surface area (TPSA) is 49.3 Å². The van der Waals surface area contributed by atoms with Gasteiger partial charge >= 0.3 is 0 Å². The minimum absolute atomic E-state index is 0.0127. The number of hydrogen-bond donors (Lipinski definition) is 2. The summed E-state index contributed by atoms with van der Waals surface area (Å²) in [4.78, 5) is 12.1. The van der Waals surface area contributed by atoms with Gasteiger partial charge in [-0.1, -0.05) is 44.0 Å². The third kappa shape index (κ3) is 5.39. The van der Waals surface area contributed by atoms with Crippen molar-refractivity contribution >= 4 is 29.1 Å². The first-order chi connectivity index (χ1) is 8.73. The molecule has 0 bridgehead atoms. The van der Waals surface area contributed by atoms with Crippen molar-refractivity contribution < 1.29 is 9.90 Å². The van der Waals surface area contributed by atoms with E-state index in [0.717, 1.165) is 0 Å². The molecule has 5 heteroatoms. The van der Waals surface area contributed by atoms with Gasteiger partial charge in [0.15, 0.2) is 0 Å². The molecule has 0 saturated heterocycles. The summed E-state index contributed by atoms with van der Waals surface area (Å²) in [7, 11) is 0. The van der Waals surface area contributed by atoms with Crippen LogP contribution in [-0.4, -0.2) is 23.7 Å². The molecule has 0 aromatic heterocycles. The Hall–Kier alpha value is -0.770.